The number of ether oxygens (including phenoxy) is 3. The number of rotatable bonds is 10. The van der Waals surface area contributed by atoms with Gasteiger partial charge < -0.3 is 30.4 Å². The van der Waals surface area contributed by atoms with E-state index >= 15 is 0 Å². The first-order valence-electron chi connectivity index (χ1n) is 14.2. The maximum absolute atomic E-state index is 14.7. The zero-order valence-electron chi connectivity index (χ0n) is 24.3. The molecule has 1 saturated carbocycles. The highest BCUT2D eigenvalue weighted by Crippen LogP contribution is 2.46. The van der Waals surface area contributed by atoms with Crippen LogP contribution < -0.4 is 25.3 Å². The van der Waals surface area contributed by atoms with E-state index in [1.807, 2.05) is 0 Å². The lowest BCUT2D eigenvalue weighted by Gasteiger charge is -2.31. The summed E-state index contributed by atoms with van der Waals surface area (Å²) < 4.78 is 87.8. The number of halogens is 6. The van der Waals surface area contributed by atoms with Crippen molar-refractivity contribution >= 4 is 34.3 Å². The number of nitrogens with one attached hydrogen (secondary N) is 1. The van der Waals surface area contributed by atoms with E-state index in [1.165, 1.54) is 18.2 Å². The number of benzene rings is 2. The first kappa shape index (κ1) is 32.2. The Morgan fingerprint density at radius 2 is 1.89 bits per heavy atom. The molecule has 17 heteroatoms. The summed E-state index contributed by atoms with van der Waals surface area (Å²) >= 11 is 6.33. The van der Waals surface area contributed by atoms with Gasteiger partial charge in [-0.3, -0.25) is 14.3 Å². The van der Waals surface area contributed by atoms with Crippen LogP contribution in [0, 0.1) is 0 Å². The average Bonchev–Trinajstić information content (AvgIpc) is 3.66. The van der Waals surface area contributed by atoms with Crippen molar-refractivity contribution in [1.29, 1.82) is 0 Å². The van der Waals surface area contributed by atoms with Crippen LogP contribution >= 0.6 is 11.6 Å². The van der Waals surface area contributed by atoms with E-state index in [1.54, 1.807) is 17.8 Å². The van der Waals surface area contributed by atoms with Gasteiger partial charge in [0.05, 0.1) is 36.3 Å². The number of primary amides is 1. The van der Waals surface area contributed by atoms with E-state index in [0.717, 1.165) is 31.0 Å². The van der Waals surface area contributed by atoms with Crippen molar-refractivity contribution in [2.24, 2.45) is 5.73 Å². The largest absolute Gasteiger partial charge is 0.586 e. The molecule has 4 N–H and O–H groups in total. The Labute approximate surface area is 267 Å². The van der Waals surface area contributed by atoms with Crippen LogP contribution in [0.25, 0.3) is 22.2 Å². The average molecular weight is 682 g/mol. The Morgan fingerprint density at radius 1 is 1.17 bits per heavy atom. The number of amides is 2. The number of hydrogen-bond donors (Lipinski definition) is 3. The van der Waals surface area contributed by atoms with Crippen molar-refractivity contribution in [2.75, 3.05) is 13.2 Å². The number of nitrogens with two attached hydrogens (primary N) is 1. The molecule has 0 bridgehead atoms. The summed E-state index contributed by atoms with van der Waals surface area (Å²) in [4.78, 5) is 29.1. The van der Waals surface area contributed by atoms with Gasteiger partial charge in [0.25, 0.3) is 5.91 Å². The lowest BCUT2D eigenvalue weighted by atomic mass is 9.93. The normalized spacial score (nSPS) is 16.6. The molecule has 2 aromatic heterocycles. The number of fused-ring (bicyclic) bond motifs is 2. The first-order chi connectivity index (χ1) is 22.1. The van der Waals surface area contributed by atoms with Crippen molar-refractivity contribution in [2.45, 2.75) is 50.3 Å². The van der Waals surface area contributed by atoms with Gasteiger partial charge in [-0.05, 0) is 56.2 Å². The van der Waals surface area contributed by atoms with Crippen LogP contribution in [0.5, 0.6) is 17.2 Å². The van der Waals surface area contributed by atoms with Crippen LogP contribution in [0.15, 0.2) is 42.6 Å². The Hall–Kier alpha value is -4.70. The predicted octanol–water partition coefficient (Wildman–Crippen LogP) is 5.01. The topological polar surface area (TPSA) is 151 Å². The maximum Gasteiger partial charge on any atom is 0.586 e. The minimum atomic E-state index is -5.44. The summed E-state index contributed by atoms with van der Waals surface area (Å²) in [5.41, 5.74) is 0.197. The number of pyridine rings is 1. The van der Waals surface area contributed by atoms with Crippen LogP contribution in [0.2, 0.25) is 5.02 Å². The molecule has 2 aromatic carbocycles. The van der Waals surface area contributed by atoms with E-state index in [-0.39, 0.29) is 51.6 Å². The van der Waals surface area contributed by atoms with E-state index in [4.69, 9.17) is 22.1 Å². The van der Waals surface area contributed by atoms with Crippen LogP contribution in [-0.4, -0.2) is 57.3 Å². The third-order valence-corrected chi connectivity index (χ3v) is 7.83. The third kappa shape index (κ3) is 6.22. The van der Waals surface area contributed by atoms with Crippen LogP contribution in [0.1, 0.15) is 47.4 Å². The summed E-state index contributed by atoms with van der Waals surface area (Å²) in [5.74, 6) is -2.94. The van der Waals surface area contributed by atoms with Crippen molar-refractivity contribution in [3.05, 3.63) is 64.4 Å². The number of nitrogens with zero attached hydrogens (tertiary/aromatic N) is 3. The number of aromatic nitrogens is 3. The molecular weight excluding hydrogens is 657 g/mol. The van der Waals surface area contributed by atoms with Gasteiger partial charge in [-0.1, -0.05) is 11.6 Å². The first-order valence-corrected chi connectivity index (χ1v) is 14.6. The molecule has 1 fully saturated rings. The maximum atomic E-state index is 14.7. The van der Waals surface area contributed by atoms with E-state index in [2.05, 4.69) is 24.9 Å². The Balaban J connectivity index is 1.39. The van der Waals surface area contributed by atoms with Gasteiger partial charge in [0, 0.05) is 28.3 Å². The van der Waals surface area contributed by atoms with Crippen molar-refractivity contribution in [3.63, 3.8) is 0 Å². The summed E-state index contributed by atoms with van der Waals surface area (Å²) in [6.07, 6.45) is -6.52. The molecule has 248 valence electrons. The SMILES string of the molecule is CCOc1c(CC(N)=O)cc([C@@](O)(CNC(=O)c2cc(Cl)c3nn(C4CC4)cc3c2)C(F)(F)F)nc1-c1ccc2c(c1)OC(F)(F)O2. The number of alkyl halides is 5. The Kier molecular flexibility index (Phi) is 7.91. The molecule has 1 aliphatic carbocycles. The van der Waals surface area contributed by atoms with Crippen LogP contribution in [0.4, 0.5) is 22.0 Å². The fourth-order valence-corrected chi connectivity index (χ4v) is 5.39. The number of aliphatic hydroxyl groups is 1. The molecule has 0 radical (unpaired) electrons. The summed E-state index contributed by atoms with van der Waals surface area (Å²) in [6.45, 7) is 0.0820. The number of carbonyl (C=O) groups excluding carboxylic acids is 2. The predicted molar refractivity (Wildman–Crippen MR) is 155 cm³/mol. The molecule has 2 aliphatic rings. The third-order valence-electron chi connectivity index (χ3n) is 7.54. The van der Waals surface area contributed by atoms with E-state index in [0.29, 0.717) is 10.9 Å². The standard InChI is InChI=1S/C30H25ClF5N5O6/c1-2-45-26-15(11-23(37)42)10-22(39-25(26)14-3-6-20-21(9-14)47-30(35,36)46-20)28(44,29(32,33)34)13-38-27(43)16-7-17-12-41(18-4-5-18)40-24(17)19(31)8-16/h3,6-10,12,18,44H,2,4-5,11,13H2,1H3,(H2,37,42)(H,38,43)/t28-/m0/s1. The molecule has 11 nitrogen and oxygen atoms in total. The highest BCUT2D eigenvalue weighted by atomic mass is 35.5. The fraction of sp³-hybridized carbons (Fsp3) is 0.333. The highest BCUT2D eigenvalue weighted by Gasteiger charge is 2.57. The van der Waals surface area contributed by atoms with Crippen LogP contribution in [-0.2, 0) is 16.8 Å². The summed E-state index contributed by atoms with van der Waals surface area (Å²) in [6, 6.07) is 6.96. The van der Waals surface area contributed by atoms with Gasteiger partial charge in [-0.15, -0.1) is 8.78 Å². The lowest BCUT2D eigenvalue weighted by Crippen LogP contribution is -2.51. The van der Waals surface area contributed by atoms with Crippen LogP contribution in [0.3, 0.4) is 0 Å². The molecule has 6 rings (SSSR count). The molecule has 0 spiro atoms. The Morgan fingerprint density at radius 3 is 2.55 bits per heavy atom. The van der Waals surface area contributed by atoms with Gasteiger partial charge >= 0.3 is 12.5 Å². The lowest BCUT2D eigenvalue weighted by molar-refractivity contribution is -0.286. The summed E-state index contributed by atoms with van der Waals surface area (Å²) in [5, 5.41) is 18.4. The van der Waals surface area contributed by atoms with Crippen molar-refractivity contribution < 1.29 is 50.9 Å². The van der Waals surface area contributed by atoms with Crippen molar-refractivity contribution in [3.8, 4) is 28.5 Å². The molecule has 47 heavy (non-hydrogen) atoms. The van der Waals surface area contributed by atoms with E-state index < -0.39 is 54.3 Å². The molecule has 1 atom stereocenters. The van der Waals surface area contributed by atoms with Gasteiger partial charge in [0.1, 0.15) is 17.0 Å². The molecule has 2 amide bonds. The van der Waals surface area contributed by atoms with Crippen molar-refractivity contribution in [1.82, 2.24) is 20.1 Å². The molecular formula is C30H25ClF5N5O6. The number of hydrogen-bond acceptors (Lipinski definition) is 8. The highest BCUT2D eigenvalue weighted by molar-refractivity contribution is 6.35. The quantitative estimate of drug-likeness (QED) is 0.198. The zero-order chi connectivity index (χ0) is 33.9. The molecule has 1 aliphatic heterocycles. The summed E-state index contributed by atoms with van der Waals surface area (Å²) in [7, 11) is 0. The second kappa shape index (κ2) is 11.5. The second-order valence-electron chi connectivity index (χ2n) is 11.0. The van der Waals surface area contributed by atoms with Gasteiger partial charge in [-0.2, -0.15) is 18.3 Å². The zero-order valence-corrected chi connectivity index (χ0v) is 25.1. The van der Waals surface area contributed by atoms with Gasteiger partial charge in [0.2, 0.25) is 11.5 Å². The monoisotopic (exact) mass is 681 g/mol. The molecule has 4 aromatic rings. The smallest absolute Gasteiger partial charge is 0.491 e. The molecule has 0 saturated heterocycles. The second-order valence-corrected chi connectivity index (χ2v) is 11.4. The fourth-order valence-electron chi connectivity index (χ4n) is 5.13. The minimum absolute atomic E-state index is 0.0472. The minimum Gasteiger partial charge on any atom is -0.491 e. The van der Waals surface area contributed by atoms with Gasteiger partial charge in [-0.25, -0.2) is 4.98 Å². The Bertz CT molecular complexity index is 1910. The molecule has 0 unspecified atom stereocenters. The number of carbonyl (C=O) groups is 2. The van der Waals surface area contributed by atoms with E-state index in [9.17, 15) is 36.6 Å². The van der Waals surface area contributed by atoms with Gasteiger partial charge in [0.15, 0.2) is 11.5 Å². The molecule has 3 heterocycles.